The molecule has 1 aromatic carbocycles. The molecule has 0 atom stereocenters. The summed E-state index contributed by atoms with van der Waals surface area (Å²) in [5.41, 5.74) is 2.27. The van der Waals surface area contributed by atoms with Gasteiger partial charge in [-0.1, -0.05) is 12.1 Å². The fraction of sp³-hybridized carbons (Fsp3) is 0.118. The molecule has 1 N–H and O–H groups in total. The summed E-state index contributed by atoms with van der Waals surface area (Å²) in [5, 5.41) is 8.95. The monoisotopic (exact) mass is 374 g/mol. The molecule has 0 aliphatic carbocycles. The van der Waals surface area contributed by atoms with Gasteiger partial charge in [-0.05, 0) is 55.3 Å². The molecule has 2 heterocycles. The van der Waals surface area contributed by atoms with E-state index in [9.17, 15) is 8.42 Å². The van der Waals surface area contributed by atoms with Crippen LogP contribution in [0.5, 0.6) is 0 Å². The highest BCUT2D eigenvalue weighted by Gasteiger charge is 2.17. The number of thiophene rings is 2. The number of hydrogen-bond donors (Lipinski definition) is 1. The number of nitrogens with zero attached hydrogens (tertiary/aromatic N) is 1. The van der Waals surface area contributed by atoms with Crippen LogP contribution < -0.4 is 4.72 Å². The van der Waals surface area contributed by atoms with E-state index in [1.165, 1.54) is 22.7 Å². The van der Waals surface area contributed by atoms with Crippen molar-refractivity contribution < 1.29 is 8.42 Å². The number of aryl methyl sites for hydroxylation is 2. The third-order valence-corrected chi connectivity index (χ3v) is 7.36. The number of nitrogens with one attached hydrogen (secondary N) is 1. The zero-order valence-corrected chi connectivity index (χ0v) is 15.5. The average molecular weight is 375 g/mol. The van der Waals surface area contributed by atoms with Crippen LogP contribution in [0.1, 0.15) is 15.3 Å². The zero-order chi connectivity index (χ0) is 17.3. The zero-order valence-electron chi connectivity index (χ0n) is 13.0. The summed E-state index contributed by atoms with van der Waals surface area (Å²) in [6.07, 6.45) is 0. The second kappa shape index (κ2) is 6.40. The number of sulfonamides is 1. The highest BCUT2D eigenvalue weighted by molar-refractivity contribution is 7.94. The number of hydrogen-bond acceptors (Lipinski definition) is 5. The van der Waals surface area contributed by atoms with E-state index in [2.05, 4.69) is 10.8 Å². The molecular formula is C17H14N2O2S3. The number of rotatable bonds is 4. The first kappa shape index (κ1) is 16.7. The predicted octanol–water partition coefficient (Wildman–Crippen LogP) is 4.77. The molecule has 0 amide bonds. The summed E-state index contributed by atoms with van der Waals surface area (Å²) >= 11 is 2.62. The lowest BCUT2D eigenvalue weighted by atomic mass is 10.1. The van der Waals surface area contributed by atoms with Crippen molar-refractivity contribution in [2.45, 2.75) is 18.1 Å². The maximum Gasteiger partial charge on any atom is 0.271 e. The van der Waals surface area contributed by atoms with Gasteiger partial charge < -0.3 is 0 Å². The summed E-state index contributed by atoms with van der Waals surface area (Å²) in [6, 6.07) is 14.8. The van der Waals surface area contributed by atoms with Gasteiger partial charge in [0, 0.05) is 9.75 Å². The fourth-order valence-corrected chi connectivity index (χ4v) is 5.39. The maximum absolute atomic E-state index is 12.5. The summed E-state index contributed by atoms with van der Waals surface area (Å²) in [4.78, 5) is 2.50. The maximum atomic E-state index is 12.5. The van der Waals surface area contributed by atoms with Gasteiger partial charge in [0.2, 0.25) is 0 Å². The third-order valence-electron chi connectivity index (χ3n) is 3.46. The number of nitriles is 1. The Morgan fingerprint density at radius 2 is 1.83 bits per heavy atom. The largest absolute Gasteiger partial charge is 0.279 e. The third kappa shape index (κ3) is 3.36. The topological polar surface area (TPSA) is 70.0 Å². The second-order valence-electron chi connectivity index (χ2n) is 5.28. The van der Waals surface area contributed by atoms with E-state index < -0.39 is 10.0 Å². The molecule has 122 valence electrons. The van der Waals surface area contributed by atoms with Gasteiger partial charge in [0.15, 0.2) is 0 Å². The number of benzene rings is 1. The Morgan fingerprint density at radius 3 is 2.46 bits per heavy atom. The normalized spacial score (nSPS) is 11.2. The van der Waals surface area contributed by atoms with E-state index in [0.717, 1.165) is 20.9 Å². The van der Waals surface area contributed by atoms with Crippen LogP contribution in [-0.4, -0.2) is 8.42 Å². The first-order valence-corrected chi connectivity index (χ1v) is 10.2. The average Bonchev–Trinajstić information content (AvgIpc) is 3.18. The summed E-state index contributed by atoms with van der Waals surface area (Å²) < 4.78 is 28.0. The molecule has 0 spiro atoms. The van der Waals surface area contributed by atoms with E-state index in [1.54, 1.807) is 24.3 Å². The van der Waals surface area contributed by atoms with E-state index in [0.29, 0.717) is 14.8 Å². The Balaban J connectivity index is 1.96. The van der Waals surface area contributed by atoms with Gasteiger partial charge in [0.05, 0.1) is 5.69 Å². The Bertz CT molecular complexity index is 1040. The standard InChI is InChI=1S/C17H14N2O2S3/c1-11-3-5-13(16-7-6-14(10-18)23-16)9-15(11)19-24(20,21)17-8-4-12(2)22-17/h3-9,19H,1-2H3. The molecule has 24 heavy (non-hydrogen) atoms. The minimum atomic E-state index is -3.59. The van der Waals surface area contributed by atoms with Gasteiger partial charge in [0.1, 0.15) is 15.2 Å². The van der Waals surface area contributed by atoms with E-state index in [-0.39, 0.29) is 0 Å². The van der Waals surface area contributed by atoms with Crippen molar-refractivity contribution in [3.8, 4) is 16.5 Å². The van der Waals surface area contributed by atoms with Gasteiger partial charge in [-0.15, -0.1) is 22.7 Å². The van der Waals surface area contributed by atoms with Crippen molar-refractivity contribution in [2.24, 2.45) is 0 Å². The Morgan fingerprint density at radius 1 is 1.04 bits per heavy atom. The molecule has 0 bridgehead atoms. The molecule has 0 unspecified atom stereocenters. The van der Waals surface area contributed by atoms with Crippen molar-refractivity contribution in [2.75, 3.05) is 4.72 Å². The minimum Gasteiger partial charge on any atom is -0.279 e. The molecular weight excluding hydrogens is 360 g/mol. The van der Waals surface area contributed by atoms with Gasteiger partial charge in [-0.3, -0.25) is 4.72 Å². The molecule has 3 rings (SSSR count). The van der Waals surface area contributed by atoms with Gasteiger partial charge >= 0.3 is 0 Å². The molecule has 0 saturated carbocycles. The van der Waals surface area contributed by atoms with Gasteiger partial charge in [-0.25, -0.2) is 8.42 Å². The van der Waals surface area contributed by atoms with Gasteiger partial charge in [0.25, 0.3) is 10.0 Å². The molecule has 0 aliphatic rings. The Kier molecular flexibility index (Phi) is 4.45. The SMILES string of the molecule is Cc1ccc(S(=O)(=O)Nc2cc(-c3ccc(C#N)s3)ccc2C)s1. The molecule has 7 heteroatoms. The molecule has 2 aromatic heterocycles. The highest BCUT2D eigenvalue weighted by atomic mass is 32.2. The van der Waals surface area contributed by atoms with Crippen molar-refractivity contribution in [3.05, 3.63) is 57.8 Å². The van der Waals surface area contributed by atoms with Gasteiger partial charge in [-0.2, -0.15) is 5.26 Å². The first-order chi connectivity index (χ1) is 11.4. The Hall–Kier alpha value is -2.14. The molecule has 0 saturated heterocycles. The van der Waals surface area contributed by atoms with Crippen molar-refractivity contribution in [1.29, 1.82) is 5.26 Å². The first-order valence-electron chi connectivity index (χ1n) is 7.09. The van der Waals surface area contributed by atoms with E-state index in [4.69, 9.17) is 5.26 Å². The van der Waals surface area contributed by atoms with Crippen molar-refractivity contribution in [1.82, 2.24) is 0 Å². The van der Waals surface area contributed by atoms with Crippen LogP contribution >= 0.6 is 22.7 Å². The number of anilines is 1. The van der Waals surface area contributed by atoms with Crippen molar-refractivity contribution in [3.63, 3.8) is 0 Å². The molecule has 4 nitrogen and oxygen atoms in total. The van der Waals surface area contributed by atoms with Crippen LogP contribution in [0, 0.1) is 25.2 Å². The summed E-state index contributed by atoms with van der Waals surface area (Å²) in [7, 11) is -3.59. The minimum absolute atomic E-state index is 0.299. The van der Waals surface area contributed by atoms with Crippen LogP contribution in [0.3, 0.4) is 0 Å². The lowest BCUT2D eigenvalue weighted by molar-refractivity contribution is 0.603. The van der Waals surface area contributed by atoms with Crippen LogP contribution in [0.4, 0.5) is 5.69 Å². The summed E-state index contributed by atoms with van der Waals surface area (Å²) in [6.45, 7) is 3.73. The Labute approximate surface area is 149 Å². The van der Waals surface area contributed by atoms with Crippen molar-refractivity contribution >= 4 is 38.4 Å². The lowest BCUT2D eigenvalue weighted by Gasteiger charge is -2.11. The lowest BCUT2D eigenvalue weighted by Crippen LogP contribution is -2.12. The van der Waals surface area contributed by atoms with Crippen LogP contribution in [0.25, 0.3) is 10.4 Å². The smallest absolute Gasteiger partial charge is 0.271 e. The van der Waals surface area contributed by atoms with E-state index in [1.807, 2.05) is 32.0 Å². The fourth-order valence-electron chi connectivity index (χ4n) is 2.19. The van der Waals surface area contributed by atoms with E-state index >= 15 is 0 Å². The predicted molar refractivity (Wildman–Crippen MR) is 99.1 cm³/mol. The second-order valence-corrected chi connectivity index (χ2v) is 9.56. The molecule has 0 fully saturated rings. The molecule has 0 radical (unpaired) electrons. The highest BCUT2D eigenvalue weighted by Crippen LogP contribution is 2.32. The summed E-state index contributed by atoms with van der Waals surface area (Å²) in [5.74, 6) is 0. The molecule has 0 aliphatic heterocycles. The van der Waals surface area contributed by atoms with Crippen LogP contribution in [-0.2, 0) is 10.0 Å². The molecule has 3 aromatic rings. The van der Waals surface area contributed by atoms with Crippen LogP contribution in [0.2, 0.25) is 0 Å². The quantitative estimate of drug-likeness (QED) is 0.715. The van der Waals surface area contributed by atoms with Crippen LogP contribution in [0.15, 0.2) is 46.7 Å².